The highest BCUT2D eigenvalue weighted by Gasteiger charge is 2.26. The number of benzene rings is 2. The van der Waals surface area contributed by atoms with Gasteiger partial charge < -0.3 is 9.50 Å². The Hall–Kier alpha value is -2.65. The first-order valence-corrected chi connectivity index (χ1v) is 11.6. The largest absolute Gasteiger partial charge is 0.378 e. The summed E-state index contributed by atoms with van der Waals surface area (Å²) in [7, 11) is -4.05. The molecule has 1 atom stereocenters. The third-order valence-electron chi connectivity index (χ3n) is 4.52. The number of carbonyl (C=O) groups excluding carboxylic acids is 1. The Labute approximate surface area is 180 Å². The zero-order valence-electron chi connectivity index (χ0n) is 17.4. The number of hydrogen-bond acceptors (Lipinski definition) is 7. The van der Waals surface area contributed by atoms with Crippen molar-refractivity contribution in [2.45, 2.75) is 44.8 Å². The number of amidine groups is 1. The summed E-state index contributed by atoms with van der Waals surface area (Å²) in [5, 5.41) is 10.8. The van der Waals surface area contributed by atoms with E-state index in [4.69, 9.17) is 4.18 Å². The Morgan fingerprint density at radius 2 is 1.77 bits per heavy atom. The highest BCUT2D eigenvalue weighted by molar-refractivity contribution is 8.15. The minimum atomic E-state index is -4.05. The van der Waals surface area contributed by atoms with Gasteiger partial charge in [0.05, 0.1) is 11.5 Å². The fourth-order valence-electron chi connectivity index (χ4n) is 3.25. The monoisotopic (exact) mass is 445 g/mol. The van der Waals surface area contributed by atoms with Gasteiger partial charge in [-0.3, -0.25) is 4.79 Å². The van der Waals surface area contributed by atoms with E-state index in [1.807, 2.05) is 19.1 Å². The summed E-state index contributed by atoms with van der Waals surface area (Å²) in [6, 6.07) is 8.86. The van der Waals surface area contributed by atoms with Crippen LogP contribution in [-0.4, -0.2) is 31.0 Å². The first kappa shape index (κ1) is 22.0. The molecule has 1 fully saturated rings. The molecule has 3 rings (SSSR count). The Kier molecular flexibility index (Phi) is 6.33. The molecule has 0 aromatic heterocycles. The summed E-state index contributed by atoms with van der Waals surface area (Å²) < 4.78 is 31.7. The Bertz CT molecular complexity index is 1150. The smallest absolute Gasteiger partial charge is 0.339 e. The lowest BCUT2D eigenvalue weighted by molar-refractivity contribution is -0.118. The molecule has 0 unspecified atom stereocenters. The maximum atomic E-state index is 13.1. The van der Waals surface area contributed by atoms with Crippen LogP contribution in [0.1, 0.15) is 34.7 Å². The van der Waals surface area contributed by atoms with Crippen LogP contribution in [0.4, 0.5) is 0 Å². The molecule has 30 heavy (non-hydrogen) atoms. The van der Waals surface area contributed by atoms with Crippen LogP contribution in [0.15, 0.2) is 45.4 Å². The summed E-state index contributed by atoms with van der Waals surface area (Å²) in [5.41, 5.74) is 3.36. The van der Waals surface area contributed by atoms with E-state index < -0.39 is 10.1 Å². The first-order chi connectivity index (χ1) is 14.1. The van der Waals surface area contributed by atoms with Crippen LogP contribution in [0.2, 0.25) is 0 Å². The van der Waals surface area contributed by atoms with Gasteiger partial charge in [0.1, 0.15) is 4.90 Å². The van der Waals surface area contributed by atoms with Crippen LogP contribution >= 0.6 is 11.8 Å². The average Bonchev–Trinajstić information content (AvgIpc) is 2.94. The van der Waals surface area contributed by atoms with Crippen LogP contribution in [-0.2, 0) is 14.9 Å². The second kappa shape index (κ2) is 8.61. The van der Waals surface area contributed by atoms with E-state index in [1.165, 1.54) is 18.0 Å². The molecule has 0 aliphatic carbocycles. The van der Waals surface area contributed by atoms with Crippen molar-refractivity contribution in [3.05, 3.63) is 58.1 Å². The second-order valence-electron chi connectivity index (χ2n) is 7.16. The highest BCUT2D eigenvalue weighted by atomic mass is 32.2. The molecule has 0 spiro atoms. The third kappa shape index (κ3) is 4.73. The molecule has 2 aromatic carbocycles. The standard InChI is InChI=1S/C21H23N3O4S2/c1-12-9-14(3)19(15(4)10-12)30(26,27)28-18-13(2)7-6-8-17(18)11-22-24-21-23-20(25)16(5)29-21/h6-11,16H,1-5H3,(H,23,24,25)/b22-11-/t16-/m0/s1. The minimum Gasteiger partial charge on any atom is -0.378 e. The van der Waals surface area contributed by atoms with Gasteiger partial charge in [0.2, 0.25) is 5.91 Å². The molecule has 158 valence electrons. The quantitative estimate of drug-likeness (QED) is 0.431. The Morgan fingerprint density at radius 1 is 1.10 bits per heavy atom. The zero-order valence-corrected chi connectivity index (χ0v) is 19.0. The molecular weight excluding hydrogens is 422 g/mol. The summed E-state index contributed by atoms with van der Waals surface area (Å²) in [5.74, 6) is 0.0702. The van der Waals surface area contributed by atoms with Gasteiger partial charge in [0, 0.05) is 5.56 Å². The fraction of sp³-hybridized carbons (Fsp3) is 0.286. The molecule has 0 radical (unpaired) electrons. The molecule has 0 bridgehead atoms. The van der Waals surface area contributed by atoms with E-state index in [0.29, 0.717) is 27.4 Å². The van der Waals surface area contributed by atoms with Crippen molar-refractivity contribution in [1.29, 1.82) is 0 Å². The number of nitrogens with zero attached hydrogens (tertiary/aromatic N) is 2. The molecule has 1 aliphatic heterocycles. The van der Waals surface area contributed by atoms with Crippen LogP contribution < -0.4 is 9.50 Å². The number of thioether (sulfide) groups is 1. The topological polar surface area (TPSA) is 97.2 Å². The number of amides is 1. The number of rotatable bonds is 5. The van der Waals surface area contributed by atoms with Crippen molar-refractivity contribution in [1.82, 2.24) is 5.32 Å². The number of aryl methyl sites for hydroxylation is 4. The minimum absolute atomic E-state index is 0.122. The molecule has 1 N–H and O–H groups in total. The molecule has 0 saturated carbocycles. The van der Waals surface area contributed by atoms with Crippen LogP contribution in [0.3, 0.4) is 0 Å². The molecule has 1 heterocycles. The molecule has 9 heteroatoms. The van der Waals surface area contributed by atoms with Crippen molar-refractivity contribution >= 4 is 39.2 Å². The zero-order chi connectivity index (χ0) is 22.1. The fourth-order valence-corrected chi connectivity index (χ4v) is 5.44. The first-order valence-electron chi connectivity index (χ1n) is 9.29. The lowest BCUT2D eigenvalue weighted by atomic mass is 10.1. The van der Waals surface area contributed by atoms with Gasteiger partial charge in [-0.05, 0) is 57.4 Å². The SMILES string of the molecule is Cc1cc(C)c(S(=O)(=O)Oc2c(C)cccc2/C=N\N=C2/NC(=O)[C@H](C)S2)c(C)c1. The van der Waals surface area contributed by atoms with E-state index >= 15 is 0 Å². The van der Waals surface area contributed by atoms with Crippen molar-refractivity contribution in [3.63, 3.8) is 0 Å². The molecule has 1 amide bonds. The van der Waals surface area contributed by atoms with Gasteiger partial charge in [-0.15, -0.1) is 5.10 Å². The number of nitrogens with one attached hydrogen (secondary N) is 1. The number of carbonyl (C=O) groups is 1. The van der Waals surface area contributed by atoms with E-state index in [0.717, 1.165) is 5.56 Å². The molecule has 1 aliphatic rings. The van der Waals surface area contributed by atoms with Crippen molar-refractivity contribution in [2.75, 3.05) is 0 Å². The van der Waals surface area contributed by atoms with Gasteiger partial charge in [0.25, 0.3) is 0 Å². The molecular formula is C21H23N3O4S2. The molecule has 7 nitrogen and oxygen atoms in total. The molecule has 2 aromatic rings. The van der Waals surface area contributed by atoms with Crippen LogP contribution in [0, 0.1) is 27.7 Å². The van der Waals surface area contributed by atoms with Crippen molar-refractivity contribution < 1.29 is 17.4 Å². The van der Waals surface area contributed by atoms with Gasteiger partial charge in [-0.1, -0.05) is 41.6 Å². The summed E-state index contributed by atoms with van der Waals surface area (Å²) in [6.45, 7) is 8.96. The summed E-state index contributed by atoms with van der Waals surface area (Å²) in [6.07, 6.45) is 1.41. The van der Waals surface area contributed by atoms with Crippen LogP contribution in [0.25, 0.3) is 0 Å². The van der Waals surface area contributed by atoms with E-state index in [9.17, 15) is 13.2 Å². The average molecular weight is 446 g/mol. The number of hydrogen-bond donors (Lipinski definition) is 1. The van der Waals surface area contributed by atoms with Gasteiger partial charge in [-0.25, -0.2) is 0 Å². The summed E-state index contributed by atoms with van der Waals surface area (Å²) >= 11 is 1.28. The third-order valence-corrected chi connectivity index (χ3v) is 7.03. The second-order valence-corrected chi connectivity index (χ2v) is 9.97. The predicted molar refractivity (Wildman–Crippen MR) is 120 cm³/mol. The number of para-hydroxylation sites is 1. The lowest BCUT2D eigenvalue weighted by Crippen LogP contribution is -2.23. The maximum Gasteiger partial charge on any atom is 0.339 e. The van der Waals surface area contributed by atoms with E-state index in [2.05, 4.69) is 15.5 Å². The van der Waals surface area contributed by atoms with E-state index in [-0.39, 0.29) is 21.8 Å². The summed E-state index contributed by atoms with van der Waals surface area (Å²) in [4.78, 5) is 11.7. The maximum absolute atomic E-state index is 13.1. The van der Waals surface area contributed by atoms with Gasteiger partial charge in [0.15, 0.2) is 10.9 Å². The Morgan fingerprint density at radius 3 is 2.37 bits per heavy atom. The normalized spacial score (nSPS) is 18.2. The Balaban J connectivity index is 1.93. The lowest BCUT2D eigenvalue weighted by Gasteiger charge is -2.15. The van der Waals surface area contributed by atoms with Crippen molar-refractivity contribution in [3.8, 4) is 5.75 Å². The van der Waals surface area contributed by atoms with Crippen LogP contribution in [0.5, 0.6) is 5.75 Å². The predicted octanol–water partition coefficient (Wildman–Crippen LogP) is 3.63. The van der Waals surface area contributed by atoms with Crippen molar-refractivity contribution in [2.24, 2.45) is 10.2 Å². The van der Waals surface area contributed by atoms with Gasteiger partial charge in [-0.2, -0.15) is 13.5 Å². The van der Waals surface area contributed by atoms with Gasteiger partial charge >= 0.3 is 10.1 Å². The van der Waals surface area contributed by atoms with E-state index in [1.54, 1.807) is 45.9 Å². The highest BCUT2D eigenvalue weighted by Crippen LogP contribution is 2.29. The molecule has 1 saturated heterocycles.